The van der Waals surface area contributed by atoms with Gasteiger partial charge in [-0.2, -0.15) is 0 Å². The van der Waals surface area contributed by atoms with E-state index in [1.807, 2.05) is 0 Å². The fourth-order valence-corrected chi connectivity index (χ4v) is 2.24. The van der Waals surface area contributed by atoms with E-state index in [-0.39, 0.29) is 18.1 Å². The Morgan fingerprint density at radius 2 is 1.76 bits per heavy atom. The Hall–Kier alpha value is -1.39. The minimum Gasteiger partial charge on any atom is -0.468 e. The maximum absolute atomic E-state index is 11.6. The molecule has 1 atom stereocenters. The van der Waals surface area contributed by atoms with Crippen molar-refractivity contribution in [2.24, 2.45) is 11.8 Å². The lowest BCUT2D eigenvalue weighted by atomic mass is 9.86. The first-order valence-corrected chi connectivity index (χ1v) is 5.77. The smallest absolute Gasteiger partial charge is 0.320 e. The third kappa shape index (κ3) is 3.54. The number of methoxy groups -OCH3 is 2. The van der Waals surface area contributed by atoms with Gasteiger partial charge in [-0.3, -0.25) is 14.4 Å². The van der Waals surface area contributed by atoms with E-state index in [1.54, 1.807) is 0 Å². The number of Topliss-reactive ketones (excluding diaryl/α,β-unsaturated/α-hetero) is 1. The summed E-state index contributed by atoms with van der Waals surface area (Å²) in [7, 11) is 2.47. The molecule has 0 bridgehead atoms. The first-order valence-electron chi connectivity index (χ1n) is 5.77. The monoisotopic (exact) mass is 242 g/mol. The van der Waals surface area contributed by atoms with Gasteiger partial charge in [-0.1, -0.05) is 6.42 Å². The van der Waals surface area contributed by atoms with Gasteiger partial charge in [0.05, 0.1) is 14.2 Å². The summed E-state index contributed by atoms with van der Waals surface area (Å²) in [6.07, 6.45) is 3.15. The van der Waals surface area contributed by atoms with E-state index in [0.29, 0.717) is 12.8 Å². The summed E-state index contributed by atoms with van der Waals surface area (Å²) in [4.78, 5) is 34.7. The second-order valence-corrected chi connectivity index (χ2v) is 4.27. The predicted octanol–water partition coefficient (Wildman–Crippen LogP) is 1.10. The molecule has 1 aliphatic rings. The average molecular weight is 242 g/mol. The predicted molar refractivity (Wildman–Crippen MR) is 59.1 cm³/mol. The molecule has 0 aliphatic heterocycles. The molecular formula is C12H18O5. The van der Waals surface area contributed by atoms with Gasteiger partial charge >= 0.3 is 11.9 Å². The Morgan fingerprint density at radius 1 is 1.18 bits per heavy atom. The van der Waals surface area contributed by atoms with Crippen LogP contribution in [0.4, 0.5) is 0 Å². The molecular weight excluding hydrogens is 224 g/mol. The maximum atomic E-state index is 11.6. The van der Waals surface area contributed by atoms with Gasteiger partial charge in [0.2, 0.25) is 0 Å². The summed E-state index contributed by atoms with van der Waals surface area (Å²) in [5.74, 6) is -2.38. The van der Waals surface area contributed by atoms with Gasteiger partial charge in [0.25, 0.3) is 0 Å². The van der Waals surface area contributed by atoms with Gasteiger partial charge < -0.3 is 9.47 Å². The second-order valence-electron chi connectivity index (χ2n) is 4.27. The van der Waals surface area contributed by atoms with E-state index in [2.05, 4.69) is 9.47 Å². The Labute approximate surface area is 100 Å². The fraction of sp³-hybridized carbons (Fsp3) is 0.750. The van der Waals surface area contributed by atoms with E-state index in [1.165, 1.54) is 14.2 Å². The van der Waals surface area contributed by atoms with Crippen molar-refractivity contribution in [3.63, 3.8) is 0 Å². The molecule has 0 heterocycles. The van der Waals surface area contributed by atoms with Gasteiger partial charge in [0, 0.05) is 12.8 Å². The number of ether oxygens (including phenoxy) is 2. The number of ketones is 1. The molecule has 0 saturated heterocycles. The second kappa shape index (κ2) is 6.37. The van der Waals surface area contributed by atoms with Crippen molar-refractivity contribution in [2.75, 3.05) is 14.2 Å². The zero-order chi connectivity index (χ0) is 12.8. The van der Waals surface area contributed by atoms with Crippen molar-refractivity contribution < 1.29 is 23.9 Å². The molecule has 0 amide bonds. The molecule has 96 valence electrons. The molecule has 0 aromatic heterocycles. The van der Waals surface area contributed by atoms with Crippen molar-refractivity contribution >= 4 is 17.7 Å². The van der Waals surface area contributed by atoms with Gasteiger partial charge in [0.1, 0.15) is 5.78 Å². The van der Waals surface area contributed by atoms with Crippen LogP contribution in [0.1, 0.15) is 32.1 Å². The van der Waals surface area contributed by atoms with Crippen LogP contribution in [-0.2, 0) is 23.9 Å². The van der Waals surface area contributed by atoms with E-state index >= 15 is 0 Å². The minimum atomic E-state index is -0.966. The summed E-state index contributed by atoms with van der Waals surface area (Å²) in [6, 6.07) is 0. The van der Waals surface area contributed by atoms with Crippen LogP contribution in [0.25, 0.3) is 0 Å². The van der Waals surface area contributed by atoms with E-state index in [4.69, 9.17) is 0 Å². The highest BCUT2D eigenvalue weighted by molar-refractivity contribution is 5.96. The van der Waals surface area contributed by atoms with Crippen LogP contribution in [0, 0.1) is 11.8 Å². The summed E-state index contributed by atoms with van der Waals surface area (Å²) in [5, 5.41) is 0. The largest absolute Gasteiger partial charge is 0.468 e. The third-order valence-corrected chi connectivity index (χ3v) is 3.15. The molecule has 0 spiro atoms. The molecule has 0 radical (unpaired) electrons. The first kappa shape index (κ1) is 13.7. The van der Waals surface area contributed by atoms with Crippen LogP contribution in [0.3, 0.4) is 0 Å². The number of hydrogen-bond donors (Lipinski definition) is 0. The number of carbonyl (C=O) groups excluding carboxylic acids is 3. The Kier molecular flexibility index (Phi) is 5.12. The van der Waals surface area contributed by atoms with Crippen LogP contribution in [0.2, 0.25) is 0 Å². The highest BCUT2D eigenvalue weighted by Crippen LogP contribution is 2.29. The molecule has 0 unspecified atom stereocenters. The highest BCUT2D eigenvalue weighted by atomic mass is 16.5. The highest BCUT2D eigenvalue weighted by Gasteiger charge is 2.38. The van der Waals surface area contributed by atoms with Crippen LogP contribution in [0.5, 0.6) is 0 Å². The zero-order valence-corrected chi connectivity index (χ0v) is 10.2. The molecule has 0 N–H and O–H groups in total. The molecule has 1 aliphatic carbocycles. The summed E-state index contributed by atoms with van der Waals surface area (Å²) < 4.78 is 9.23. The lowest BCUT2D eigenvalue weighted by molar-refractivity contribution is -0.161. The van der Waals surface area contributed by atoms with Gasteiger partial charge in [-0.05, 0) is 18.8 Å². The average Bonchev–Trinajstić information content (AvgIpc) is 2.53. The molecule has 1 rings (SSSR count). The maximum Gasteiger partial charge on any atom is 0.320 e. The van der Waals surface area contributed by atoms with E-state index in [9.17, 15) is 14.4 Å². The van der Waals surface area contributed by atoms with Crippen molar-refractivity contribution in [1.82, 2.24) is 0 Å². The van der Waals surface area contributed by atoms with E-state index < -0.39 is 17.9 Å². The summed E-state index contributed by atoms with van der Waals surface area (Å²) in [5.41, 5.74) is 0. The third-order valence-electron chi connectivity index (χ3n) is 3.15. The van der Waals surface area contributed by atoms with Gasteiger partial charge in [0.15, 0.2) is 5.92 Å². The van der Waals surface area contributed by atoms with Gasteiger partial charge in [-0.25, -0.2) is 0 Å². The number of carbonyl (C=O) groups is 3. The Morgan fingerprint density at radius 3 is 2.29 bits per heavy atom. The van der Waals surface area contributed by atoms with Crippen LogP contribution < -0.4 is 0 Å². The van der Waals surface area contributed by atoms with Crippen molar-refractivity contribution in [3.8, 4) is 0 Å². The molecule has 5 nitrogen and oxygen atoms in total. The molecule has 0 aromatic carbocycles. The van der Waals surface area contributed by atoms with Crippen LogP contribution in [0.15, 0.2) is 0 Å². The molecule has 0 aromatic rings. The molecule has 1 saturated carbocycles. The zero-order valence-electron chi connectivity index (χ0n) is 10.2. The standard InChI is InChI=1S/C12H18O5/c1-16-11(14)10(12(15)17-2)8-5-3-4-6-9(13)7-8/h8,10H,3-7H2,1-2H3/t8-/m0/s1. The van der Waals surface area contributed by atoms with E-state index in [0.717, 1.165) is 12.8 Å². The molecule has 17 heavy (non-hydrogen) atoms. The molecule has 1 fully saturated rings. The first-order chi connectivity index (χ1) is 8.10. The number of esters is 2. The number of rotatable bonds is 3. The quantitative estimate of drug-likeness (QED) is 0.421. The SMILES string of the molecule is COC(=O)C(C(=O)OC)[C@H]1CCCCC(=O)C1. The van der Waals surface area contributed by atoms with Crippen molar-refractivity contribution in [3.05, 3.63) is 0 Å². The van der Waals surface area contributed by atoms with Crippen molar-refractivity contribution in [2.45, 2.75) is 32.1 Å². The number of hydrogen-bond acceptors (Lipinski definition) is 5. The normalized spacial score (nSPS) is 20.9. The van der Waals surface area contributed by atoms with Crippen LogP contribution >= 0.6 is 0 Å². The lowest BCUT2D eigenvalue weighted by Crippen LogP contribution is -2.34. The van der Waals surface area contributed by atoms with Crippen molar-refractivity contribution in [1.29, 1.82) is 0 Å². The van der Waals surface area contributed by atoms with Gasteiger partial charge in [-0.15, -0.1) is 0 Å². The minimum absolute atomic E-state index is 0.102. The lowest BCUT2D eigenvalue weighted by Gasteiger charge is -2.20. The molecule has 5 heteroatoms. The Balaban J connectivity index is 2.83. The fourth-order valence-electron chi connectivity index (χ4n) is 2.24. The van der Waals surface area contributed by atoms with Crippen LogP contribution in [-0.4, -0.2) is 31.9 Å². The summed E-state index contributed by atoms with van der Waals surface area (Å²) in [6.45, 7) is 0. The summed E-state index contributed by atoms with van der Waals surface area (Å²) >= 11 is 0. The topological polar surface area (TPSA) is 69.7 Å². The Bertz CT molecular complexity index is 294.